The van der Waals surface area contributed by atoms with Crippen LogP contribution in [0.5, 0.6) is 0 Å². The van der Waals surface area contributed by atoms with Crippen molar-refractivity contribution < 1.29 is 4.79 Å². The van der Waals surface area contributed by atoms with Crippen molar-refractivity contribution in [2.24, 2.45) is 0 Å². The number of carbonyl (C=O) groups is 1. The van der Waals surface area contributed by atoms with Crippen molar-refractivity contribution in [3.63, 3.8) is 0 Å². The highest BCUT2D eigenvalue weighted by Gasteiger charge is 2.16. The minimum absolute atomic E-state index is 0.0447. The Morgan fingerprint density at radius 2 is 1.94 bits per heavy atom. The maximum Gasteiger partial charge on any atom is 0.234 e. The number of aromatic nitrogens is 3. The molecule has 0 bridgehead atoms. The molecule has 0 fully saturated rings. The van der Waals surface area contributed by atoms with E-state index in [4.69, 9.17) is 0 Å². The lowest BCUT2D eigenvalue weighted by Crippen LogP contribution is -2.16. The molecule has 1 amide bonds. The summed E-state index contributed by atoms with van der Waals surface area (Å²) in [5, 5.41) is 4.73. The molecule has 6 nitrogen and oxygen atoms in total. The van der Waals surface area contributed by atoms with Gasteiger partial charge >= 0.3 is 0 Å². The summed E-state index contributed by atoms with van der Waals surface area (Å²) in [5.74, 6) is 0.230. The lowest BCUT2D eigenvalue weighted by molar-refractivity contribution is -0.113. The summed E-state index contributed by atoms with van der Waals surface area (Å²) in [7, 11) is 2.02. The first-order chi connectivity index (χ1) is 15.5. The Labute approximate surface area is 196 Å². The zero-order valence-corrected chi connectivity index (χ0v) is 20.0. The molecule has 4 aromatic rings. The second-order valence-electron chi connectivity index (χ2n) is 7.47. The van der Waals surface area contributed by atoms with E-state index in [9.17, 15) is 4.79 Å². The molecule has 8 heteroatoms. The molecule has 32 heavy (non-hydrogen) atoms. The van der Waals surface area contributed by atoms with Crippen LogP contribution in [0.15, 0.2) is 59.9 Å². The van der Waals surface area contributed by atoms with Gasteiger partial charge in [-0.2, -0.15) is 4.98 Å². The summed E-state index contributed by atoms with van der Waals surface area (Å²) in [6, 6.07) is 16.4. The van der Waals surface area contributed by atoms with Gasteiger partial charge < -0.3 is 10.2 Å². The number of hydrogen-bond acceptors (Lipinski definition) is 7. The van der Waals surface area contributed by atoms with E-state index in [0.717, 1.165) is 44.6 Å². The van der Waals surface area contributed by atoms with Crippen LogP contribution < -0.4 is 10.2 Å². The summed E-state index contributed by atoms with van der Waals surface area (Å²) in [5.41, 5.74) is 5.00. The average molecular weight is 464 g/mol. The Bertz CT molecular complexity index is 1230. The van der Waals surface area contributed by atoms with E-state index in [1.165, 1.54) is 23.7 Å². The Morgan fingerprint density at radius 3 is 2.72 bits per heavy atom. The summed E-state index contributed by atoms with van der Waals surface area (Å²) >= 11 is 2.97. The Morgan fingerprint density at radius 1 is 1.12 bits per heavy atom. The van der Waals surface area contributed by atoms with Gasteiger partial charge in [-0.05, 0) is 30.0 Å². The molecule has 0 aliphatic heterocycles. The number of fused-ring (bicyclic) bond motifs is 1. The van der Waals surface area contributed by atoms with Crippen LogP contribution in [0.2, 0.25) is 0 Å². The topological polar surface area (TPSA) is 71.0 Å². The van der Waals surface area contributed by atoms with Crippen molar-refractivity contribution in [1.82, 2.24) is 15.0 Å². The largest absolute Gasteiger partial charge is 0.347 e. The molecule has 0 aliphatic carbocycles. The molecule has 0 aliphatic rings. The molecular formula is C24H25N5OS2. The van der Waals surface area contributed by atoms with E-state index in [0.29, 0.717) is 5.65 Å². The highest BCUT2D eigenvalue weighted by Crippen LogP contribution is 2.34. The van der Waals surface area contributed by atoms with Crippen LogP contribution in [0.25, 0.3) is 10.3 Å². The van der Waals surface area contributed by atoms with Gasteiger partial charge in [-0.1, -0.05) is 78.6 Å². The Kier molecular flexibility index (Phi) is 7.02. The zero-order valence-electron chi connectivity index (χ0n) is 18.3. The van der Waals surface area contributed by atoms with Crippen molar-refractivity contribution in [2.75, 3.05) is 23.0 Å². The first kappa shape index (κ1) is 22.2. The standard InChI is InChI=1S/C24H25N5OS2/c1-4-18-12-8-9-16(2)20(18)27-19(30)14-31-23-21-22(25-15-26-23)28-24(32-21)29(3)13-17-10-6-5-7-11-17/h5-12,15H,4,13-14H2,1-3H3,(H,27,30). The predicted molar refractivity (Wildman–Crippen MR) is 134 cm³/mol. The fourth-order valence-corrected chi connectivity index (χ4v) is 5.28. The third-order valence-corrected chi connectivity index (χ3v) is 7.37. The van der Waals surface area contributed by atoms with Crippen LogP contribution in [0, 0.1) is 6.92 Å². The van der Waals surface area contributed by atoms with E-state index in [2.05, 4.69) is 50.3 Å². The number of rotatable bonds is 8. The summed E-state index contributed by atoms with van der Waals surface area (Å²) in [6.07, 6.45) is 2.39. The fourth-order valence-electron chi connectivity index (χ4n) is 3.42. The molecule has 0 atom stereocenters. The zero-order chi connectivity index (χ0) is 22.5. The quantitative estimate of drug-likeness (QED) is 0.282. The highest BCUT2D eigenvalue weighted by molar-refractivity contribution is 8.00. The SMILES string of the molecule is CCc1cccc(C)c1NC(=O)CSc1ncnc2nc(N(C)Cc3ccccc3)sc12. The normalized spacial score (nSPS) is 11.0. The van der Waals surface area contributed by atoms with Gasteiger partial charge in [-0.3, -0.25) is 4.79 Å². The maximum atomic E-state index is 12.7. The molecule has 0 saturated carbocycles. The van der Waals surface area contributed by atoms with Crippen molar-refractivity contribution in [2.45, 2.75) is 31.8 Å². The van der Waals surface area contributed by atoms with E-state index in [1.807, 2.05) is 44.3 Å². The number of hydrogen-bond donors (Lipinski definition) is 1. The molecule has 0 unspecified atom stereocenters. The first-order valence-corrected chi connectivity index (χ1v) is 12.2. The molecule has 2 heterocycles. The number of aryl methyl sites for hydroxylation is 2. The minimum Gasteiger partial charge on any atom is -0.347 e. The number of thioether (sulfide) groups is 1. The van der Waals surface area contributed by atoms with Crippen molar-refractivity contribution in [1.29, 1.82) is 0 Å². The van der Waals surface area contributed by atoms with Gasteiger partial charge in [0.05, 0.1) is 5.75 Å². The fraction of sp³-hybridized carbons (Fsp3) is 0.250. The summed E-state index contributed by atoms with van der Waals surface area (Å²) < 4.78 is 0.908. The van der Waals surface area contributed by atoms with E-state index in [-0.39, 0.29) is 11.7 Å². The smallest absolute Gasteiger partial charge is 0.234 e. The van der Waals surface area contributed by atoms with E-state index < -0.39 is 0 Å². The number of benzene rings is 2. The second-order valence-corrected chi connectivity index (χ2v) is 9.41. The van der Waals surface area contributed by atoms with Crippen LogP contribution in [0.4, 0.5) is 10.8 Å². The highest BCUT2D eigenvalue weighted by atomic mass is 32.2. The third-order valence-electron chi connectivity index (χ3n) is 5.08. The van der Waals surface area contributed by atoms with Gasteiger partial charge in [0.15, 0.2) is 10.8 Å². The lowest BCUT2D eigenvalue weighted by Gasteiger charge is -2.15. The lowest BCUT2D eigenvalue weighted by atomic mass is 10.1. The first-order valence-electron chi connectivity index (χ1n) is 10.4. The molecule has 1 N–H and O–H groups in total. The van der Waals surface area contributed by atoms with Crippen LogP contribution in [0.1, 0.15) is 23.6 Å². The van der Waals surface area contributed by atoms with Gasteiger partial charge in [0, 0.05) is 19.3 Å². The van der Waals surface area contributed by atoms with Gasteiger partial charge in [0.2, 0.25) is 5.91 Å². The van der Waals surface area contributed by atoms with Crippen LogP contribution in [-0.2, 0) is 17.8 Å². The average Bonchev–Trinajstić information content (AvgIpc) is 3.25. The Balaban J connectivity index is 1.46. The summed E-state index contributed by atoms with van der Waals surface area (Å²) in [6.45, 7) is 4.86. The van der Waals surface area contributed by atoms with Gasteiger partial charge in [-0.15, -0.1) is 0 Å². The van der Waals surface area contributed by atoms with Crippen molar-refractivity contribution >= 4 is 50.2 Å². The maximum absolute atomic E-state index is 12.7. The third kappa shape index (κ3) is 5.08. The van der Waals surface area contributed by atoms with E-state index >= 15 is 0 Å². The molecule has 0 radical (unpaired) electrons. The molecule has 0 spiro atoms. The van der Waals surface area contributed by atoms with E-state index in [1.54, 1.807) is 11.3 Å². The van der Waals surface area contributed by atoms with Crippen molar-refractivity contribution in [3.05, 3.63) is 71.5 Å². The molecule has 4 rings (SSSR count). The molecular weight excluding hydrogens is 438 g/mol. The Hall–Kier alpha value is -2.97. The van der Waals surface area contributed by atoms with Gasteiger partial charge in [0.1, 0.15) is 16.1 Å². The molecule has 164 valence electrons. The molecule has 2 aromatic heterocycles. The number of thiazole rings is 1. The number of nitrogens with zero attached hydrogens (tertiary/aromatic N) is 4. The van der Waals surface area contributed by atoms with Crippen LogP contribution in [-0.4, -0.2) is 33.7 Å². The monoisotopic (exact) mass is 463 g/mol. The number of nitrogens with one attached hydrogen (secondary N) is 1. The molecule has 0 saturated heterocycles. The summed E-state index contributed by atoms with van der Waals surface area (Å²) in [4.78, 5) is 28.2. The predicted octanol–water partition coefficient (Wildman–Crippen LogP) is 5.32. The number of anilines is 2. The number of para-hydroxylation sites is 1. The molecule has 2 aromatic carbocycles. The van der Waals surface area contributed by atoms with Gasteiger partial charge in [-0.25, -0.2) is 9.97 Å². The number of amides is 1. The van der Waals surface area contributed by atoms with Gasteiger partial charge in [0.25, 0.3) is 0 Å². The van der Waals surface area contributed by atoms with Crippen LogP contribution in [0.3, 0.4) is 0 Å². The minimum atomic E-state index is -0.0447. The van der Waals surface area contributed by atoms with Crippen LogP contribution >= 0.6 is 23.1 Å². The second kappa shape index (κ2) is 10.1. The number of carbonyl (C=O) groups excluding carboxylic acids is 1. The van der Waals surface area contributed by atoms with Crippen molar-refractivity contribution in [3.8, 4) is 0 Å².